The van der Waals surface area contributed by atoms with Gasteiger partial charge in [-0.1, -0.05) is 24.3 Å². The second kappa shape index (κ2) is 7.50. The van der Waals surface area contributed by atoms with E-state index < -0.39 is 0 Å². The van der Waals surface area contributed by atoms with Gasteiger partial charge < -0.3 is 10.1 Å². The summed E-state index contributed by atoms with van der Waals surface area (Å²) >= 11 is 0. The first kappa shape index (κ1) is 16.5. The predicted octanol–water partition coefficient (Wildman–Crippen LogP) is 2.76. The van der Waals surface area contributed by atoms with Crippen molar-refractivity contribution < 1.29 is 4.74 Å². The van der Waals surface area contributed by atoms with E-state index in [1.54, 1.807) is 0 Å². The molecule has 5 heteroatoms. The number of rotatable bonds is 5. The Balaban J connectivity index is 1.33. The van der Waals surface area contributed by atoms with Crippen molar-refractivity contribution in [2.24, 2.45) is 0 Å². The summed E-state index contributed by atoms with van der Waals surface area (Å²) in [7, 11) is 0. The average Bonchev–Trinajstić information content (AvgIpc) is 3.16. The minimum atomic E-state index is 0.417. The standard InChI is InChI=1S/C20H26N4O/c1-15-22-19(18-7-11-25-14-18)12-20(23-15)21-8-10-24-9-6-16-4-2-3-5-17(16)13-24/h2-5,12,18H,6-11,13-14H2,1H3,(H,21,22,23)/t18-/m0/s1. The zero-order valence-electron chi connectivity index (χ0n) is 14.9. The smallest absolute Gasteiger partial charge is 0.129 e. The number of nitrogens with one attached hydrogen (secondary N) is 1. The van der Waals surface area contributed by atoms with Gasteiger partial charge in [0.25, 0.3) is 0 Å². The fourth-order valence-electron chi connectivity index (χ4n) is 3.75. The molecule has 0 aliphatic carbocycles. The highest BCUT2D eigenvalue weighted by atomic mass is 16.5. The highest BCUT2D eigenvalue weighted by Crippen LogP contribution is 2.25. The van der Waals surface area contributed by atoms with Gasteiger partial charge in [0.05, 0.1) is 12.3 Å². The normalized spacial score (nSPS) is 20.4. The molecule has 0 spiro atoms. The third kappa shape index (κ3) is 3.99. The molecular weight excluding hydrogens is 312 g/mol. The number of ether oxygens (including phenoxy) is 1. The summed E-state index contributed by atoms with van der Waals surface area (Å²) in [6, 6.07) is 10.9. The first-order valence-corrected chi connectivity index (χ1v) is 9.24. The Kier molecular flexibility index (Phi) is 4.95. The predicted molar refractivity (Wildman–Crippen MR) is 98.9 cm³/mol. The van der Waals surface area contributed by atoms with E-state index in [-0.39, 0.29) is 0 Å². The molecular formula is C20H26N4O. The number of hydrogen-bond donors (Lipinski definition) is 1. The molecule has 132 valence electrons. The maximum Gasteiger partial charge on any atom is 0.129 e. The van der Waals surface area contributed by atoms with Gasteiger partial charge in [-0.2, -0.15) is 0 Å². The third-order valence-electron chi connectivity index (χ3n) is 5.15. The fraction of sp³-hybridized carbons (Fsp3) is 0.500. The summed E-state index contributed by atoms with van der Waals surface area (Å²) in [4.78, 5) is 11.6. The Labute approximate surface area is 149 Å². The van der Waals surface area contributed by atoms with E-state index in [0.717, 1.165) is 69.6 Å². The van der Waals surface area contributed by atoms with E-state index in [2.05, 4.69) is 50.5 Å². The molecule has 0 radical (unpaired) electrons. The van der Waals surface area contributed by atoms with Crippen LogP contribution in [0.15, 0.2) is 30.3 Å². The summed E-state index contributed by atoms with van der Waals surface area (Å²) in [5, 5.41) is 3.49. The van der Waals surface area contributed by atoms with Crippen LogP contribution < -0.4 is 5.32 Å². The first-order chi connectivity index (χ1) is 12.3. The number of anilines is 1. The van der Waals surface area contributed by atoms with Crippen LogP contribution in [0.5, 0.6) is 0 Å². The van der Waals surface area contributed by atoms with Crippen LogP contribution in [0.1, 0.15) is 35.0 Å². The molecule has 1 N–H and O–H groups in total. The second-order valence-corrected chi connectivity index (χ2v) is 7.01. The minimum Gasteiger partial charge on any atom is -0.381 e. The van der Waals surface area contributed by atoms with Gasteiger partial charge in [-0.25, -0.2) is 9.97 Å². The van der Waals surface area contributed by atoms with Gasteiger partial charge in [-0.05, 0) is 30.9 Å². The van der Waals surface area contributed by atoms with Crippen molar-refractivity contribution in [1.29, 1.82) is 0 Å². The van der Waals surface area contributed by atoms with Crippen LogP contribution in [0.3, 0.4) is 0 Å². The molecule has 5 nitrogen and oxygen atoms in total. The van der Waals surface area contributed by atoms with Crippen LogP contribution in [0.25, 0.3) is 0 Å². The van der Waals surface area contributed by atoms with Gasteiger partial charge in [0.15, 0.2) is 0 Å². The van der Waals surface area contributed by atoms with E-state index >= 15 is 0 Å². The number of nitrogens with zero attached hydrogens (tertiary/aromatic N) is 3. The van der Waals surface area contributed by atoms with Crippen molar-refractivity contribution in [3.05, 3.63) is 53.0 Å². The SMILES string of the molecule is Cc1nc(NCCN2CCc3ccccc3C2)cc([C@H]2CCOC2)n1. The van der Waals surface area contributed by atoms with E-state index in [0.29, 0.717) is 5.92 Å². The molecule has 0 unspecified atom stereocenters. The van der Waals surface area contributed by atoms with Crippen molar-refractivity contribution in [3.8, 4) is 0 Å². The van der Waals surface area contributed by atoms with E-state index in [9.17, 15) is 0 Å². The molecule has 0 bridgehead atoms. The Morgan fingerprint density at radius 3 is 2.96 bits per heavy atom. The van der Waals surface area contributed by atoms with Gasteiger partial charge in [0, 0.05) is 44.8 Å². The van der Waals surface area contributed by atoms with Gasteiger partial charge >= 0.3 is 0 Å². The van der Waals surface area contributed by atoms with Crippen molar-refractivity contribution in [3.63, 3.8) is 0 Å². The van der Waals surface area contributed by atoms with Crippen LogP contribution in [0.2, 0.25) is 0 Å². The fourth-order valence-corrected chi connectivity index (χ4v) is 3.75. The van der Waals surface area contributed by atoms with Crippen LogP contribution in [0.4, 0.5) is 5.82 Å². The lowest BCUT2D eigenvalue weighted by molar-refractivity contribution is 0.193. The molecule has 3 heterocycles. The highest BCUT2D eigenvalue weighted by Gasteiger charge is 2.20. The van der Waals surface area contributed by atoms with E-state index in [1.165, 1.54) is 11.1 Å². The Morgan fingerprint density at radius 2 is 2.12 bits per heavy atom. The van der Waals surface area contributed by atoms with Crippen LogP contribution in [-0.2, 0) is 17.7 Å². The number of fused-ring (bicyclic) bond motifs is 1. The minimum absolute atomic E-state index is 0.417. The number of benzene rings is 1. The molecule has 1 fully saturated rings. The molecule has 0 amide bonds. The monoisotopic (exact) mass is 338 g/mol. The van der Waals surface area contributed by atoms with Crippen molar-refractivity contribution in [2.45, 2.75) is 32.2 Å². The average molecular weight is 338 g/mol. The molecule has 0 saturated carbocycles. The second-order valence-electron chi connectivity index (χ2n) is 7.01. The molecule has 4 rings (SSSR count). The first-order valence-electron chi connectivity index (χ1n) is 9.24. The molecule has 1 saturated heterocycles. The number of hydrogen-bond acceptors (Lipinski definition) is 5. The van der Waals surface area contributed by atoms with E-state index in [4.69, 9.17) is 4.74 Å². The van der Waals surface area contributed by atoms with Crippen molar-refractivity contribution >= 4 is 5.82 Å². The van der Waals surface area contributed by atoms with Crippen molar-refractivity contribution in [2.75, 3.05) is 38.2 Å². The highest BCUT2D eigenvalue weighted by molar-refractivity contribution is 5.37. The number of aryl methyl sites for hydroxylation is 1. The van der Waals surface area contributed by atoms with Crippen molar-refractivity contribution in [1.82, 2.24) is 14.9 Å². The summed E-state index contributed by atoms with van der Waals surface area (Å²) in [5.41, 5.74) is 4.08. The van der Waals surface area contributed by atoms with Crippen LogP contribution in [0, 0.1) is 6.92 Å². The summed E-state index contributed by atoms with van der Waals surface area (Å²) in [6.07, 6.45) is 2.21. The zero-order valence-corrected chi connectivity index (χ0v) is 14.9. The van der Waals surface area contributed by atoms with Gasteiger partial charge in [-0.15, -0.1) is 0 Å². The molecule has 1 aromatic carbocycles. The summed E-state index contributed by atoms with van der Waals surface area (Å²) < 4.78 is 5.49. The van der Waals surface area contributed by atoms with Crippen LogP contribution in [-0.4, -0.2) is 47.7 Å². The molecule has 2 aliphatic rings. The van der Waals surface area contributed by atoms with Gasteiger partial charge in [0.1, 0.15) is 11.6 Å². The lowest BCUT2D eigenvalue weighted by atomic mass is 10.00. The quantitative estimate of drug-likeness (QED) is 0.908. The summed E-state index contributed by atoms with van der Waals surface area (Å²) in [5.74, 6) is 2.19. The third-order valence-corrected chi connectivity index (χ3v) is 5.15. The van der Waals surface area contributed by atoms with E-state index in [1.807, 2.05) is 6.92 Å². The van der Waals surface area contributed by atoms with Gasteiger partial charge in [0.2, 0.25) is 0 Å². The largest absolute Gasteiger partial charge is 0.381 e. The molecule has 2 aliphatic heterocycles. The lowest BCUT2D eigenvalue weighted by Gasteiger charge is -2.28. The maximum absolute atomic E-state index is 5.49. The molecule has 2 aromatic rings. The Bertz CT molecular complexity index is 727. The lowest BCUT2D eigenvalue weighted by Crippen LogP contribution is -2.34. The molecule has 1 atom stereocenters. The molecule has 1 aromatic heterocycles. The maximum atomic E-state index is 5.49. The topological polar surface area (TPSA) is 50.3 Å². The molecule has 25 heavy (non-hydrogen) atoms. The van der Waals surface area contributed by atoms with Crippen LogP contribution >= 0.6 is 0 Å². The Morgan fingerprint density at radius 1 is 1.24 bits per heavy atom. The zero-order chi connectivity index (χ0) is 17.1. The number of aromatic nitrogens is 2. The summed E-state index contributed by atoms with van der Waals surface area (Å²) in [6.45, 7) is 7.69. The Hall–Kier alpha value is -1.98. The van der Waals surface area contributed by atoms with Gasteiger partial charge in [-0.3, -0.25) is 4.90 Å².